The maximum atomic E-state index is 12.8. The summed E-state index contributed by atoms with van der Waals surface area (Å²) >= 11 is 1.42. The second-order valence-corrected chi connectivity index (χ2v) is 7.82. The average Bonchev–Trinajstić information content (AvgIpc) is 3.04. The molecule has 0 bridgehead atoms. The minimum atomic E-state index is -0.583. The van der Waals surface area contributed by atoms with Crippen molar-refractivity contribution in [3.8, 4) is 11.3 Å². The van der Waals surface area contributed by atoms with E-state index in [1.165, 1.54) is 16.2 Å². The van der Waals surface area contributed by atoms with Crippen LogP contribution in [0.1, 0.15) is 26.3 Å². The molecule has 0 saturated heterocycles. The lowest BCUT2D eigenvalue weighted by molar-refractivity contribution is 0.0599. The SMILES string of the molecule is Cc1ccccc1-c1csc(N(C(=O)OC(C)(C)C)c2ccccc2)n1. The summed E-state index contributed by atoms with van der Waals surface area (Å²) in [7, 11) is 0. The van der Waals surface area contributed by atoms with Gasteiger partial charge in [0.2, 0.25) is 0 Å². The molecular formula is C21H22N2O2S. The molecule has 5 heteroatoms. The number of thiazole rings is 1. The monoisotopic (exact) mass is 366 g/mol. The van der Waals surface area contributed by atoms with Crippen LogP contribution in [0.5, 0.6) is 0 Å². The molecule has 26 heavy (non-hydrogen) atoms. The maximum absolute atomic E-state index is 12.8. The van der Waals surface area contributed by atoms with E-state index in [0.29, 0.717) is 5.13 Å². The quantitative estimate of drug-likeness (QED) is 0.555. The number of aryl methyl sites for hydroxylation is 1. The largest absolute Gasteiger partial charge is 0.443 e. The first kappa shape index (κ1) is 18.1. The molecule has 0 aliphatic carbocycles. The Morgan fingerprint density at radius 3 is 2.35 bits per heavy atom. The van der Waals surface area contributed by atoms with Gasteiger partial charge in [-0.3, -0.25) is 0 Å². The van der Waals surface area contributed by atoms with Crippen LogP contribution in [0.25, 0.3) is 11.3 Å². The summed E-state index contributed by atoms with van der Waals surface area (Å²) in [6.07, 6.45) is -0.436. The lowest BCUT2D eigenvalue weighted by atomic mass is 10.1. The summed E-state index contributed by atoms with van der Waals surface area (Å²) in [5.41, 5.74) is 3.21. The predicted octanol–water partition coefficient (Wildman–Crippen LogP) is 6.19. The molecule has 1 aromatic heterocycles. The third kappa shape index (κ3) is 4.11. The van der Waals surface area contributed by atoms with E-state index in [-0.39, 0.29) is 0 Å². The van der Waals surface area contributed by atoms with E-state index >= 15 is 0 Å². The van der Waals surface area contributed by atoms with E-state index < -0.39 is 11.7 Å². The van der Waals surface area contributed by atoms with Gasteiger partial charge in [0, 0.05) is 10.9 Å². The van der Waals surface area contributed by atoms with Crippen LogP contribution >= 0.6 is 11.3 Å². The Bertz CT molecular complexity index is 898. The van der Waals surface area contributed by atoms with E-state index in [0.717, 1.165) is 22.5 Å². The molecule has 3 aromatic rings. The predicted molar refractivity (Wildman–Crippen MR) is 107 cm³/mol. The van der Waals surface area contributed by atoms with Crippen LogP contribution < -0.4 is 4.90 Å². The van der Waals surface area contributed by atoms with Gasteiger partial charge < -0.3 is 4.74 Å². The Hall–Kier alpha value is -2.66. The molecule has 134 valence electrons. The topological polar surface area (TPSA) is 42.4 Å². The molecule has 1 amide bonds. The number of carbonyl (C=O) groups is 1. The van der Waals surface area contributed by atoms with Crippen LogP contribution in [-0.2, 0) is 4.74 Å². The number of amides is 1. The molecule has 0 N–H and O–H groups in total. The first-order chi connectivity index (χ1) is 12.3. The molecule has 0 saturated carbocycles. The number of nitrogens with zero attached hydrogens (tertiary/aromatic N) is 2. The maximum Gasteiger partial charge on any atom is 0.421 e. The molecule has 0 fully saturated rings. The number of anilines is 2. The number of benzene rings is 2. The highest BCUT2D eigenvalue weighted by Crippen LogP contribution is 2.34. The third-order valence-electron chi connectivity index (χ3n) is 3.69. The smallest absolute Gasteiger partial charge is 0.421 e. The van der Waals surface area contributed by atoms with Crippen LogP contribution in [0.15, 0.2) is 60.0 Å². The Morgan fingerprint density at radius 1 is 1.04 bits per heavy atom. The zero-order valence-corrected chi connectivity index (χ0v) is 16.2. The summed E-state index contributed by atoms with van der Waals surface area (Å²) in [5, 5.41) is 2.56. The highest BCUT2D eigenvalue weighted by atomic mass is 32.1. The van der Waals surface area contributed by atoms with Gasteiger partial charge in [-0.25, -0.2) is 14.7 Å². The van der Waals surface area contributed by atoms with Crippen molar-refractivity contribution < 1.29 is 9.53 Å². The number of carbonyl (C=O) groups excluding carboxylic acids is 1. The molecular weight excluding hydrogens is 344 g/mol. The van der Waals surface area contributed by atoms with Crippen LogP contribution in [0.4, 0.5) is 15.6 Å². The van der Waals surface area contributed by atoms with Crippen molar-refractivity contribution in [1.29, 1.82) is 0 Å². The van der Waals surface area contributed by atoms with Crippen LogP contribution in [0, 0.1) is 6.92 Å². The molecule has 0 unspecified atom stereocenters. The Labute approximate surface area is 158 Å². The van der Waals surface area contributed by atoms with Gasteiger partial charge in [-0.05, 0) is 45.4 Å². The number of para-hydroxylation sites is 1. The summed E-state index contributed by atoms with van der Waals surface area (Å²) in [6, 6.07) is 17.5. The lowest BCUT2D eigenvalue weighted by Gasteiger charge is -2.25. The van der Waals surface area contributed by atoms with Gasteiger partial charge in [-0.1, -0.05) is 42.5 Å². The standard InChI is InChI=1S/C21H22N2O2S/c1-15-10-8-9-13-17(15)18-14-26-19(22-18)23(16-11-6-5-7-12-16)20(24)25-21(2,3)4/h5-14H,1-4H3. The van der Waals surface area contributed by atoms with Crippen molar-refractivity contribution in [3.63, 3.8) is 0 Å². The fourth-order valence-corrected chi connectivity index (χ4v) is 3.36. The summed E-state index contributed by atoms with van der Waals surface area (Å²) < 4.78 is 5.60. The Kier molecular flexibility index (Phi) is 5.09. The number of hydrogen-bond donors (Lipinski definition) is 0. The van der Waals surface area contributed by atoms with Gasteiger partial charge in [-0.15, -0.1) is 11.3 Å². The first-order valence-electron chi connectivity index (χ1n) is 8.45. The molecule has 4 nitrogen and oxygen atoms in total. The fraction of sp³-hybridized carbons (Fsp3) is 0.238. The van der Waals surface area contributed by atoms with Crippen molar-refractivity contribution in [1.82, 2.24) is 4.98 Å². The zero-order valence-electron chi connectivity index (χ0n) is 15.4. The van der Waals surface area contributed by atoms with E-state index in [2.05, 4.69) is 13.0 Å². The fourth-order valence-electron chi connectivity index (χ4n) is 2.53. The van der Waals surface area contributed by atoms with E-state index in [1.807, 2.05) is 74.7 Å². The molecule has 0 spiro atoms. The van der Waals surface area contributed by atoms with E-state index in [1.54, 1.807) is 0 Å². The highest BCUT2D eigenvalue weighted by molar-refractivity contribution is 7.14. The van der Waals surface area contributed by atoms with E-state index in [4.69, 9.17) is 9.72 Å². The Balaban J connectivity index is 2.01. The molecule has 0 radical (unpaired) electrons. The van der Waals surface area contributed by atoms with Crippen LogP contribution in [0.2, 0.25) is 0 Å². The summed E-state index contributed by atoms with van der Waals surface area (Å²) in [5.74, 6) is 0. The van der Waals surface area contributed by atoms with Gasteiger partial charge >= 0.3 is 6.09 Å². The third-order valence-corrected chi connectivity index (χ3v) is 4.52. The Morgan fingerprint density at radius 2 is 1.69 bits per heavy atom. The molecule has 0 atom stereocenters. The normalized spacial score (nSPS) is 11.2. The second kappa shape index (κ2) is 7.30. The van der Waals surface area contributed by atoms with Gasteiger partial charge in [0.05, 0.1) is 11.4 Å². The van der Waals surface area contributed by atoms with Gasteiger partial charge in [0.25, 0.3) is 0 Å². The average molecular weight is 366 g/mol. The zero-order chi connectivity index (χ0) is 18.7. The van der Waals surface area contributed by atoms with Crippen LogP contribution in [-0.4, -0.2) is 16.7 Å². The molecule has 2 aromatic carbocycles. The number of hydrogen-bond acceptors (Lipinski definition) is 4. The van der Waals surface area contributed by atoms with Gasteiger partial charge in [0.15, 0.2) is 5.13 Å². The molecule has 1 heterocycles. The first-order valence-corrected chi connectivity index (χ1v) is 9.33. The minimum Gasteiger partial charge on any atom is -0.443 e. The van der Waals surface area contributed by atoms with Gasteiger partial charge in [0.1, 0.15) is 5.60 Å². The minimum absolute atomic E-state index is 0.436. The van der Waals surface area contributed by atoms with Crippen molar-refractivity contribution >= 4 is 28.2 Å². The lowest BCUT2D eigenvalue weighted by Crippen LogP contribution is -2.33. The van der Waals surface area contributed by atoms with Crippen molar-refractivity contribution in [2.45, 2.75) is 33.3 Å². The van der Waals surface area contributed by atoms with Crippen molar-refractivity contribution in [2.75, 3.05) is 4.90 Å². The number of ether oxygens (including phenoxy) is 1. The van der Waals surface area contributed by atoms with Crippen molar-refractivity contribution in [3.05, 3.63) is 65.5 Å². The highest BCUT2D eigenvalue weighted by Gasteiger charge is 2.27. The second-order valence-electron chi connectivity index (χ2n) is 6.98. The molecule has 3 rings (SSSR count). The molecule has 0 aliphatic heterocycles. The summed E-state index contributed by atoms with van der Waals surface area (Å²) in [6.45, 7) is 7.62. The molecule has 0 aliphatic rings. The summed E-state index contributed by atoms with van der Waals surface area (Å²) in [4.78, 5) is 19.1. The van der Waals surface area contributed by atoms with E-state index in [9.17, 15) is 4.79 Å². The van der Waals surface area contributed by atoms with Gasteiger partial charge in [-0.2, -0.15) is 0 Å². The number of rotatable bonds is 3. The van der Waals surface area contributed by atoms with Crippen LogP contribution in [0.3, 0.4) is 0 Å². The number of aromatic nitrogens is 1. The van der Waals surface area contributed by atoms with Crippen molar-refractivity contribution in [2.24, 2.45) is 0 Å².